The van der Waals surface area contributed by atoms with E-state index < -0.39 is 0 Å². The number of hydrogen-bond donors (Lipinski definition) is 0. The Balaban J connectivity index is 2.11. The van der Waals surface area contributed by atoms with Gasteiger partial charge in [0.1, 0.15) is 0 Å². The average Bonchev–Trinajstić information content (AvgIpc) is 2.46. The molecule has 0 radical (unpaired) electrons. The van der Waals surface area contributed by atoms with Crippen molar-refractivity contribution < 1.29 is 9.53 Å². The molecule has 2 heterocycles. The van der Waals surface area contributed by atoms with Gasteiger partial charge in [0.05, 0.1) is 6.61 Å². The highest BCUT2D eigenvalue weighted by atomic mass is 16.5. The van der Waals surface area contributed by atoms with Crippen molar-refractivity contribution in [3.8, 4) is 0 Å². The molecule has 2 rings (SSSR count). The molecule has 110 valence electrons. The minimum absolute atomic E-state index is 0.126. The largest absolute Gasteiger partial charge is 0.466 e. The first-order valence-electron chi connectivity index (χ1n) is 7.56. The maximum absolute atomic E-state index is 11.5. The van der Waals surface area contributed by atoms with Gasteiger partial charge < -0.3 is 9.64 Å². The molecule has 0 unspecified atom stereocenters. The van der Waals surface area contributed by atoms with Crippen LogP contribution < -0.4 is 4.90 Å². The molecule has 0 saturated carbocycles. The third-order valence-corrected chi connectivity index (χ3v) is 3.75. The molecule has 4 nitrogen and oxygen atoms in total. The molecule has 1 aliphatic rings. The van der Waals surface area contributed by atoms with Crippen LogP contribution in [0.2, 0.25) is 0 Å². The van der Waals surface area contributed by atoms with Gasteiger partial charge in [0.2, 0.25) is 0 Å². The van der Waals surface area contributed by atoms with E-state index in [1.807, 2.05) is 19.3 Å². The second-order valence-electron chi connectivity index (χ2n) is 5.32. The van der Waals surface area contributed by atoms with Gasteiger partial charge in [0.15, 0.2) is 0 Å². The highest BCUT2D eigenvalue weighted by Crippen LogP contribution is 2.28. The number of rotatable bonds is 5. The van der Waals surface area contributed by atoms with Crippen LogP contribution in [-0.2, 0) is 16.0 Å². The van der Waals surface area contributed by atoms with Crippen molar-refractivity contribution in [3.05, 3.63) is 23.5 Å². The molecule has 1 aliphatic heterocycles. The first-order chi connectivity index (χ1) is 9.72. The highest BCUT2D eigenvalue weighted by molar-refractivity contribution is 5.70. The third-order valence-electron chi connectivity index (χ3n) is 3.75. The number of aromatic nitrogens is 1. The highest BCUT2D eigenvalue weighted by Gasteiger charge is 2.17. The Kier molecular flexibility index (Phi) is 5.39. The van der Waals surface area contributed by atoms with E-state index in [0.29, 0.717) is 19.4 Å². The fraction of sp³-hybridized carbons (Fsp3) is 0.625. The van der Waals surface area contributed by atoms with E-state index in [9.17, 15) is 4.79 Å². The number of nitrogens with zero attached hydrogens (tertiary/aromatic N) is 2. The molecule has 0 bridgehead atoms. The zero-order valence-corrected chi connectivity index (χ0v) is 12.5. The fourth-order valence-electron chi connectivity index (χ4n) is 2.84. The molecule has 0 atom stereocenters. The molecular formula is C16H24N2O2. The second-order valence-corrected chi connectivity index (χ2v) is 5.32. The predicted molar refractivity (Wildman–Crippen MR) is 80.0 cm³/mol. The summed E-state index contributed by atoms with van der Waals surface area (Å²) >= 11 is 0. The van der Waals surface area contributed by atoms with Gasteiger partial charge in [-0.1, -0.05) is 0 Å². The van der Waals surface area contributed by atoms with Gasteiger partial charge >= 0.3 is 5.97 Å². The number of carbonyl (C=O) groups is 1. The van der Waals surface area contributed by atoms with Crippen molar-refractivity contribution >= 4 is 11.7 Å². The van der Waals surface area contributed by atoms with E-state index in [-0.39, 0.29) is 5.97 Å². The SMILES string of the molecule is CCOC(=O)CCc1cncc(C)c1N1CCCCC1. The molecule has 1 aromatic heterocycles. The number of anilines is 1. The van der Waals surface area contributed by atoms with Crippen LogP contribution in [0.15, 0.2) is 12.4 Å². The quantitative estimate of drug-likeness (QED) is 0.776. The fourth-order valence-corrected chi connectivity index (χ4v) is 2.84. The van der Waals surface area contributed by atoms with Gasteiger partial charge in [-0.25, -0.2) is 0 Å². The molecule has 0 amide bonds. The van der Waals surface area contributed by atoms with Crippen molar-refractivity contribution in [2.24, 2.45) is 0 Å². The Labute approximate surface area is 121 Å². The zero-order valence-electron chi connectivity index (χ0n) is 12.5. The van der Waals surface area contributed by atoms with Crippen LogP contribution in [0, 0.1) is 6.92 Å². The van der Waals surface area contributed by atoms with Gasteiger partial charge in [-0.2, -0.15) is 0 Å². The summed E-state index contributed by atoms with van der Waals surface area (Å²) in [5.74, 6) is -0.126. The summed E-state index contributed by atoms with van der Waals surface area (Å²) in [6, 6.07) is 0. The summed E-state index contributed by atoms with van der Waals surface area (Å²) < 4.78 is 5.01. The first-order valence-corrected chi connectivity index (χ1v) is 7.56. The Morgan fingerprint density at radius 1 is 1.30 bits per heavy atom. The van der Waals surface area contributed by atoms with E-state index in [1.165, 1.54) is 36.1 Å². The molecule has 0 spiro atoms. The van der Waals surface area contributed by atoms with Gasteiger partial charge in [-0.05, 0) is 50.7 Å². The van der Waals surface area contributed by atoms with E-state index >= 15 is 0 Å². The van der Waals surface area contributed by atoms with Crippen LogP contribution in [0.4, 0.5) is 5.69 Å². The molecule has 1 fully saturated rings. The lowest BCUT2D eigenvalue weighted by atomic mass is 10.0. The summed E-state index contributed by atoms with van der Waals surface area (Å²) in [4.78, 5) is 18.3. The average molecular weight is 276 g/mol. The van der Waals surface area contributed by atoms with Gasteiger partial charge in [0, 0.05) is 37.6 Å². The second kappa shape index (κ2) is 7.27. The van der Waals surface area contributed by atoms with E-state index in [0.717, 1.165) is 13.1 Å². The third kappa shape index (κ3) is 3.71. The Morgan fingerprint density at radius 2 is 2.05 bits per heavy atom. The lowest BCUT2D eigenvalue weighted by Crippen LogP contribution is -2.31. The van der Waals surface area contributed by atoms with Gasteiger partial charge in [0.25, 0.3) is 0 Å². The van der Waals surface area contributed by atoms with Crippen molar-refractivity contribution in [1.82, 2.24) is 4.98 Å². The molecule has 1 aromatic rings. The van der Waals surface area contributed by atoms with Crippen molar-refractivity contribution in [2.75, 3.05) is 24.6 Å². The lowest BCUT2D eigenvalue weighted by molar-refractivity contribution is -0.143. The van der Waals surface area contributed by atoms with E-state index in [4.69, 9.17) is 4.74 Å². The summed E-state index contributed by atoms with van der Waals surface area (Å²) in [5, 5.41) is 0. The standard InChI is InChI=1S/C16H24N2O2/c1-3-20-15(19)8-7-14-12-17-11-13(2)16(14)18-9-5-4-6-10-18/h11-12H,3-10H2,1-2H3. The number of esters is 1. The van der Waals surface area contributed by atoms with Crippen LogP contribution in [0.1, 0.15) is 43.7 Å². The summed E-state index contributed by atoms with van der Waals surface area (Å²) in [6.45, 7) is 6.61. The minimum Gasteiger partial charge on any atom is -0.466 e. The maximum Gasteiger partial charge on any atom is 0.306 e. The molecule has 0 aliphatic carbocycles. The van der Waals surface area contributed by atoms with Crippen LogP contribution >= 0.6 is 0 Å². The van der Waals surface area contributed by atoms with Crippen molar-refractivity contribution in [2.45, 2.75) is 46.0 Å². The van der Waals surface area contributed by atoms with Crippen LogP contribution in [-0.4, -0.2) is 30.6 Å². The van der Waals surface area contributed by atoms with Crippen molar-refractivity contribution in [3.63, 3.8) is 0 Å². The monoisotopic (exact) mass is 276 g/mol. The van der Waals surface area contributed by atoms with Crippen molar-refractivity contribution in [1.29, 1.82) is 0 Å². The number of aryl methyl sites for hydroxylation is 2. The molecule has 0 aromatic carbocycles. The lowest BCUT2D eigenvalue weighted by Gasteiger charge is -2.31. The Bertz CT molecular complexity index is 454. The topological polar surface area (TPSA) is 42.4 Å². The molecular weight excluding hydrogens is 252 g/mol. The van der Waals surface area contributed by atoms with Crippen LogP contribution in [0.25, 0.3) is 0 Å². The normalized spacial score (nSPS) is 15.2. The van der Waals surface area contributed by atoms with Crippen LogP contribution in [0.5, 0.6) is 0 Å². The summed E-state index contributed by atoms with van der Waals surface area (Å²) in [7, 11) is 0. The Morgan fingerprint density at radius 3 is 2.75 bits per heavy atom. The number of carbonyl (C=O) groups excluding carboxylic acids is 1. The molecule has 0 N–H and O–H groups in total. The zero-order chi connectivity index (χ0) is 14.4. The number of piperidine rings is 1. The van der Waals surface area contributed by atoms with Gasteiger partial charge in [-0.3, -0.25) is 9.78 Å². The maximum atomic E-state index is 11.5. The van der Waals surface area contributed by atoms with Crippen LogP contribution in [0.3, 0.4) is 0 Å². The molecule has 20 heavy (non-hydrogen) atoms. The predicted octanol–water partition coefficient (Wildman–Crippen LogP) is 2.88. The number of pyridine rings is 1. The number of hydrogen-bond acceptors (Lipinski definition) is 4. The smallest absolute Gasteiger partial charge is 0.306 e. The van der Waals surface area contributed by atoms with E-state index in [1.54, 1.807) is 0 Å². The Hall–Kier alpha value is -1.58. The first kappa shape index (κ1) is 14.8. The van der Waals surface area contributed by atoms with Gasteiger partial charge in [-0.15, -0.1) is 0 Å². The molecule has 4 heteroatoms. The van der Waals surface area contributed by atoms with E-state index in [2.05, 4.69) is 16.8 Å². The summed E-state index contributed by atoms with van der Waals surface area (Å²) in [5.41, 5.74) is 3.65. The molecule has 1 saturated heterocycles. The number of ether oxygens (including phenoxy) is 1. The summed E-state index contributed by atoms with van der Waals surface area (Å²) in [6.07, 6.45) is 8.77. The minimum atomic E-state index is -0.126.